The molecule has 1 aliphatic carbocycles. The lowest BCUT2D eigenvalue weighted by Gasteiger charge is -2.34. The first-order valence-corrected chi connectivity index (χ1v) is 11.8. The lowest BCUT2D eigenvalue weighted by molar-refractivity contribution is 0.102. The summed E-state index contributed by atoms with van der Waals surface area (Å²) in [5.74, 6) is -0.840. The van der Waals surface area contributed by atoms with Crippen molar-refractivity contribution in [2.24, 2.45) is 11.8 Å². The number of nitrogens with one attached hydrogen (secondary N) is 2. The molecule has 0 bridgehead atoms. The Morgan fingerprint density at radius 3 is 2.48 bits per heavy atom. The Kier molecular flexibility index (Phi) is 6.76. The lowest BCUT2D eigenvalue weighted by atomic mass is 9.78. The molecule has 1 fully saturated rings. The summed E-state index contributed by atoms with van der Waals surface area (Å²) >= 11 is 3.32. The van der Waals surface area contributed by atoms with Crippen molar-refractivity contribution in [2.45, 2.75) is 44.0 Å². The number of benzene rings is 2. The first-order valence-electron chi connectivity index (χ1n) is 9.56. The van der Waals surface area contributed by atoms with E-state index in [1.807, 2.05) is 6.92 Å². The van der Waals surface area contributed by atoms with Gasteiger partial charge in [0.05, 0.1) is 0 Å². The summed E-state index contributed by atoms with van der Waals surface area (Å²) in [6.07, 6.45) is 2.70. The molecule has 3 atom stereocenters. The molecule has 2 N–H and O–H groups in total. The van der Waals surface area contributed by atoms with Crippen LogP contribution in [0.4, 0.5) is 10.1 Å². The van der Waals surface area contributed by atoms with Gasteiger partial charge in [0.1, 0.15) is 10.7 Å². The van der Waals surface area contributed by atoms with Crippen molar-refractivity contribution >= 4 is 37.5 Å². The van der Waals surface area contributed by atoms with E-state index in [1.165, 1.54) is 6.07 Å². The highest BCUT2D eigenvalue weighted by Gasteiger charge is 2.32. The number of amides is 1. The maximum absolute atomic E-state index is 14.4. The van der Waals surface area contributed by atoms with Crippen LogP contribution in [0.25, 0.3) is 0 Å². The molecule has 0 aliphatic heterocycles. The van der Waals surface area contributed by atoms with Crippen LogP contribution >= 0.6 is 15.9 Å². The van der Waals surface area contributed by atoms with Crippen molar-refractivity contribution in [2.75, 3.05) is 5.32 Å². The summed E-state index contributed by atoms with van der Waals surface area (Å²) in [6, 6.07) is 10.1. The zero-order chi connectivity index (χ0) is 21.2. The second kappa shape index (κ2) is 8.93. The predicted molar refractivity (Wildman–Crippen MR) is 115 cm³/mol. The Morgan fingerprint density at radius 1 is 1.10 bits per heavy atom. The summed E-state index contributed by atoms with van der Waals surface area (Å²) < 4.78 is 43.6. The number of carbonyl (C=O) groups excluding carboxylic acids is 1. The highest BCUT2D eigenvalue weighted by atomic mass is 79.9. The van der Waals surface area contributed by atoms with Crippen LogP contribution in [0.3, 0.4) is 0 Å². The van der Waals surface area contributed by atoms with Crippen LogP contribution in [0, 0.1) is 17.7 Å². The Labute approximate surface area is 179 Å². The fourth-order valence-electron chi connectivity index (χ4n) is 3.60. The van der Waals surface area contributed by atoms with Gasteiger partial charge in [-0.1, -0.05) is 42.6 Å². The molecule has 0 radical (unpaired) electrons. The fraction of sp³-hybridized carbons (Fsp3) is 0.381. The summed E-state index contributed by atoms with van der Waals surface area (Å²) in [7, 11) is -4.09. The van der Waals surface area contributed by atoms with Gasteiger partial charge in [0.25, 0.3) is 5.91 Å². The van der Waals surface area contributed by atoms with Gasteiger partial charge in [-0.3, -0.25) is 4.79 Å². The number of carbonyl (C=O) groups is 1. The molecule has 1 aliphatic rings. The van der Waals surface area contributed by atoms with Gasteiger partial charge < -0.3 is 5.32 Å². The first-order chi connectivity index (χ1) is 13.7. The van der Waals surface area contributed by atoms with Crippen molar-refractivity contribution in [1.82, 2.24) is 4.72 Å². The quantitative estimate of drug-likeness (QED) is 0.633. The highest BCUT2D eigenvalue weighted by Crippen LogP contribution is 2.31. The third-order valence-electron chi connectivity index (χ3n) is 5.60. The topological polar surface area (TPSA) is 75.3 Å². The number of hydrogen-bond acceptors (Lipinski definition) is 3. The molecule has 3 rings (SSSR count). The van der Waals surface area contributed by atoms with Crippen LogP contribution in [0.2, 0.25) is 0 Å². The molecule has 2 aromatic carbocycles. The summed E-state index contributed by atoms with van der Waals surface area (Å²) in [5, 5.41) is 2.68. The average Bonchev–Trinajstić information content (AvgIpc) is 2.67. The van der Waals surface area contributed by atoms with Crippen LogP contribution in [0.1, 0.15) is 43.5 Å². The smallest absolute Gasteiger partial charge is 0.255 e. The highest BCUT2D eigenvalue weighted by molar-refractivity contribution is 9.10. The van der Waals surface area contributed by atoms with Gasteiger partial charge in [-0.15, -0.1) is 0 Å². The van der Waals surface area contributed by atoms with Crippen LogP contribution < -0.4 is 10.0 Å². The van der Waals surface area contributed by atoms with Crippen LogP contribution in [-0.2, 0) is 10.0 Å². The number of hydrogen-bond donors (Lipinski definition) is 2. The molecular formula is C21H24BrFN2O3S. The van der Waals surface area contributed by atoms with Gasteiger partial charge >= 0.3 is 0 Å². The third-order valence-corrected chi connectivity index (χ3v) is 7.63. The molecule has 156 valence electrons. The zero-order valence-electron chi connectivity index (χ0n) is 16.3. The lowest BCUT2D eigenvalue weighted by Crippen LogP contribution is -2.43. The van der Waals surface area contributed by atoms with Crippen LogP contribution in [0.5, 0.6) is 0 Å². The van der Waals surface area contributed by atoms with Gasteiger partial charge in [0, 0.05) is 21.8 Å². The van der Waals surface area contributed by atoms with Crippen molar-refractivity contribution in [1.29, 1.82) is 0 Å². The summed E-state index contributed by atoms with van der Waals surface area (Å²) in [4.78, 5) is 12.0. The molecule has 0 spiro atoms. The van der Waals surface area contributed by atoms with E-state index < -0.39 is 26.6 Å². The number of rotatable bonds is 5. The number of anilines is 1. The summed E-state index contributed by atoms with van der Waals surface area (Å²) in [6.45, 7) is 4.11. The van der Waals surface area contributed by atoms with Crippen molar-refractivity contribution in [3.63, 3.8) is 0 Å². The van der Waals surface area contributed by atoms with E-state index in [0.717, 1.165) is 35.9 Å². The molecule has 5 nitrogen and oxygen atoms in total. The maximum atomic E-state index is 14.4. The average molecular weight is 483 g/mol. The van der Waals surface area contributed by atoms with Gasteiger partial charge in [0.2, 0.25) is 10.0 Å². The second-order valence-corrected chi connectivity index (χ2v) is 10.2. The first kappa shape index (κ1) is 21.9. The molecule has 1 saturated carbocycles. The molecule has 2 aromatic rings. The Balaban J connectivity index is 1.82. The maximum Gasteiger partial charge on any atom is 0.255 e. The molecule has 0 unspecified atom stereocenters. The van der Waals surface area contributed by atoms with Gasteiger partial charge in [-0.2, -0.15) is 0 Å². The normalized spacial score (nSPS) is 22.3. The van der Waals surface area contributed by atoms with Crippen LogP contribution in [0.15, 0.2) is 51.8 Å². The van der Waals surface area contributed by atoms with Crippen LogP contribution in [-0.4, -0.2) is 20.4 Å². The van der Waals surface area contributed by atoms with Gasteiger partial charge in [-0.25, -0.2) is 17.5 Å². The monoisotopic (exact) mass is 482 g/mol. The number of sulfonamides is 1. The molecular weight excluding hydrogens is 459 g/mol. The predicted octanol–water partition coefficient (Wildman–Crippen LogP) is 4.94. The van der Waals surface area contributed by atoms with E-state index >= 15 is 0 Å². The van der Waals surface area contributed by atoms with E-state index in [1.54, 1.807) is 24.3 Å². The molecule has 0 heterocycles. The Morgan fingerprint density at radius 2 is 1.79 bits per heavy atom. The SMILES string of the molecule is C[C@@H]1[C@H](C)CCC[C@@H]1NS(=O)(=O)c1cc(C(=O)Nc2ccc(Br)cc2)ccc1F. The minimum Gasteiger partial charge on any atom is -0.322 e. The molecule has 29 heavy (non-hydrogen) atoms. The van der Waals surface area contributed by atoms with Gasteiger partial charge in [0.15, 0.2) is 0 Å². The molecule has 0 aromatic heterocycles. The molecule has 1 amide bonds. The third kappa shape index (κ3) is 5.24. The van der Waals surface area contributed by atoms with E-state index in [0.29, 0.717) is 11.6 Å². The fourth-order valence-corrected chi connectivity index (χ4v) is 5.33. The van der Waals surface area contributed by atoms with Crippen molar-refractivity contribution in [3.05, 3.63) is 58.3 Å². The second-order valence-electron chi connectivity index (χ2n) is 7.60. The zero-order valence-corrected chi connectivity index (χ0v) is 18.7. The van der Waals surface area contributed by atoms with E-state index in [2.05, 4.69) is 32.9 Å². The standard InChI is InChI=1S/C21H24BrFN2O3S/c1-13-4-3-5-19(14(13)2)25-29(27,28)20-12-15(6-11-18(20)23)21(26)24-17-9-7-16(22)8-10-17/h6-14,19,25H,3-5H2,1-2H3,(H,24,26)/t13-,14-,19+/m1/s1. The summed E-state index contributed by atoms with van der Waals surface area (Å²) in [5.41, 5.74) is 0.620. The Hall–Kier alpha value is -1.77. The Bertz CT molecular complexity index is 995. The largest absolute Gasteiger partial charge is 0.322 e. The van der Waals surface area contributed by atoms with E-state index in [9.17, 15) is 17.6 Å². The number of halogens is 2. The molecule has 8 heteroatoms. The minimum absolute atomic E-state index is 0.0692. The van der Waals surface area contributed by atoms with Gasteiger partial charge in [-0.05, 0) is 60.7 Å². The van der Waals surface area contributed by atoms with E-state index in [-0.39, 0.29) is 17.5 Å². The minimum atomic E-state index is -4.09. The van der Waals surface area contributed by atoms with Crippen molar-refractivity contribution < 1.29 is 17.6 Å². The molecule has 0 saturated heterocycles. The van der Waals surface area contributed by atoms with E-state index in [4.69, 9.17) is 0 Å². The van der Waals surface area contributed by atoms with Crippen molar-refractivity contribution in [3.8, 4) is 0 Å².